The fraction of sp³-hybridized carbons (Fsp3) is 0.353. The molecule has 1 aliphatic heterocycles. The van der Waals surface area contributed by atoms with Crippen molar-refractivity contribution in [1.29, 1.82) is 0 Å². The van der Waals surface area contributed by atoms with Crippen molar-refractivity contribution in [2.45, 2.75) is 32.0 Å². The van der Waals surface area contributed by atoms with E-state index in [-0.39, 0.29) is 24.7 Å². The van der Waals surface area contributed by atoms with Gasteiger partial charge in [0.05, 0.1) is 24.7 Å². The van der Waals surface area contributed by atoms with Crippen LogP contribution in [0.15, 0.2) is 30.3 Å². The van der Waals surface area contributed by atoms with Crippen LogP contribution in [-0.4, -0.2) is 44.5 Å². The summed E-state index contributed by atoms with van der Waals surface area (Å²) in [5, 5.41) is 29.0. The second kappa shape index (κ2) is 6.54. The number of anilines is 1. The predicted octanol–water partition coefficient (Wildman–Crippen LogP) is 2.17. The number of fused-ring (bicyclic) bond motifs is 1. The highest BCUT2D eigenvalue weighted by Crippen LogP contribution is 2.39. The molecule has 8 heteroatoms. The van der Waals surface area contributed by atoms with Gasteiger partial charge < -0.3 is 25.0 Å². The summed E-state index contributed by atoms with van der Waals surface area (Å²) in [6.45, 7) is 2.43. The van der Waals surface area contributed by atoms with Crippen molar-refractivity contribution in [1.82, 2.24) is 4.57 Å². The van der Waals surface area contributed by atoms with E-state index >= 15 is 0 Å². The number of nitrogens with zero attached hydrogens (tertiary/aromatic N) is 2. The van der Waals surface area contributed by atoms with Crippen LogP contribution in [0.5, 0.6) is 17.5 Å². The molecule has 0 radical (unpaired) electrons. The zero-order valence-electron chi connectivity index (χ0n) is 13.6. The summed E-state index contributed by atoms with van der Waals surface area (Å²) in [6, 6.07) is 6.24. The van der Waals surface area contributed by atoms with Crippen molar-refractivity contribution in [3.05, 3.63) is 36.1 Å². The number of carboxylic acid groups (broad SMARTS) is 1. The van der Waals surface area contributed by atoms with E-state index in [0.717, 1.165) is 0 Å². The average molecular weight is 350 g/mol. The molecule has 0 saturated heterocycles. The van der Waals surface area contributed by atoms with E-state index in [2.05, 4.69) is 0 Å². The first-order chi connectivity index (χ1) is 11.9. The van der Waals surface area contributed by atoms with Gasteiger partial charge >= 0.3 is 5.97 Å². The number of aromatic nitrogens is 1. The molecule has 2 heterocycles. The topological polar surface area (TPSA) is 95.2 Å². The van der Waals surface area contributed by atoms with Crippen LogP contribution in [0.4, 0.5) is 10.1 Å². The van der Waals surface area contributed by atoms with Crippen LogP contribution in [-0.2, 0) is 11.3 Å². The van der Waals surface area contributed by atoms with Crippen LogP contribution in [0.25, 0.3) is 0 Å². The second-order valence-corrected chi connectivity index (χ2v) is 5.88. The number of halogens is 1. The molecule has 1 aromatic heterocycles. The number of aromatic hydroxyl groups is 2. The molecule has 0 amide bonds. The summed E-state index contributed by atoms with van der Waals surface area (Å²) in [5.41, 5.74) is 0.514. The van der Waals surface area contributed by atoms with Gasteiger partial charge in [-0.25, -0.2) is 4.39 Å². The van der Waals surface area contributed by atoms with Gasteiger partial charge in [0.25, 0.3) is 0 Å². The highest BCUT2D eigenvalue weighted by Gasteiger charge is 2.37. The number of likely N-dealkylation sites (N-methyl/N-ethyl adjacent to an activating group) is 1. The number of ether oxygens (including phenoxy) is 1. The van der Waals surface area contributed by atoms with Crippen molar-refractivity contribution in [3.8, 4) is 17.5 Å². The smallest absolute Gasteiger partial charge is 0.307 e. The SMILES string of the molecule is CCN1c2cc(F)ccc2OC(CC(=O)O)C1Cn1c(O)ccc1O. The third-order valence-electron chi connectivity index (χ3n) is 4.36. The Bertz CT molecular complexity index is 772. The van der Waals surface area contributed by atoms with Crippen molar-refractivity contribution in [2.75, 3.05) is 11.4 Å². The molecule has 3 rings (SSSR count). The molecule has 0 spiro atoms. The molecular formula is C17H19FN2O5. The highest BCUT2D eigenvalue weighted by atomic mass is 19.1. The Morgan fingerprint density at radius 2 is 1.92 bits per heavy atom. The Morgan fingerprint density at radius 3 is 2.52 bits per heavy atom. The Labute approximate surface area is 143 Å². The lowest BCUT2D eigenvalue weighted by molar-refractivity contribution is -0.139. The molecule has 0 aliphatic carbocycles. The number of benzene rings is 1. The fourth-order valence-corrected chi connectivity index (χ4v) is 3.23. The van der Waals surface area contributed by atoms with Gasteiger partial charge in [0.15, 0.2) is 11.8 Å². The van der Waals surface area contributed by atoms with E-state index < -0.39 is 23.9 Å². The summed E-state index contributed by atoms with van der Waals surface area (Å²) >= 11 is 0. The molecule has 3 N–H and O–H groups in total. The predicted molar refractivity (Wildman–Crippen MR) is 87.6 cm³/mol. The van der Waals surface area contributed by atoms with Gasteiger partial charge in [-0.1, -0.05) is 0 Å². The molecule has 2 aromatic rings. The van der Waals surface area contributed by atoms with Crippen molar-refractivity contribution < 1.29 is 29.2 Å². The zero-order valence-corrected chi connectivity index (χ0v) is 13.6. The molecule has 25 heavy (non-hydrogen) atoms. The summed E-state index contributed by atoms with van der Waals surface area (Å²) in [7, 11) is 0. The van der Waals surface area contributed by atoms with Gasteiger partial charge in [-0.3, -0.25) is 9.36 Å². The zero-order chi connectivity index (χ0) is 18.1. The number of aliphatic carboxylic acids is 1. The number of carbonyl (C=O) groups is 1. The minimum atomic E-state index is -1.03. The molecule has 0 bridgehead atoms. The van der Waals surface area contributed by atoms with E-state index in [1.165, 1.54) is 34.9 Å². The Kier molecular flexibility index (Phi) is 4.43. The van der Waals surface area contributed by atoms with E-state index in [1.807, 2.05) is 11.8 Å². The van der Waals surface area contributed by atoms with Gasteiger partial charge in [0, 0.05) is 24.7 Å². The molecule has 7 nitrogen and oxygen atoms in total. The lowest BCUT2D eigenvalue weighted by Gasteiger charge is -2.43. The number of hydrogen-bond donors (Lipinski definition) is 3. The molecule has 2 atom stereocenters. The Morgan fingerprint density at radius 1 is 1.24 bits per heavy atom. The van der Waals surface area contributed by atoms with Crippen molar-refractivity contribution in [2.24, 2.45) is 0 Å². The van der Waals surface area contributed by atoms with Crippen molar-refractivity contribution in [3.63, 3.8) is 0 Å². The highest BCUT2D eigenvalue weighted by molar-refractivity contribution is 5.69. The first kappa shape index (κ1) is 16.9. The lowest BCUT2D eigenvalue weighted by atomic mass is 10.0. The molecular weight excluding hydrogens is 331 g/mol. The molecule has 1 aromatic carbocycles. The third kappa shape index (κ3) is 3.19. The normalized spacial score (nSPS) is 19.4. The van der Waals surface area contributed by atoms with Gasteiger partial charge in [0.2, 0.25) is 0 Å². The van der Waals surface area contributed by atoms with Crippen LogP contribution in [0.3, 0.4) is 0 Å². The summed E-state index contributed by atoms with van der Waals surface area (Å²) < 4.78 is 20.7. The standard InChI is InChI=1S/C17H19FN2O5/c1-2-19-11-7-10(18)3-4-13(11)25-14(8-17(23)24)12(19)9-20-15(21)5-6-16(20)22/h3-7,12,14,21-22H,2,8-9H2,1H3,(H,23,24). The summed E-state index contributed by atoms with van der Waals surface area (Å²) in [4.78, 5) is 13.1. The van der Waals surface area contributed by atoms with Gasteiger partial charge in [-0.15, -0.1) is 0 Å². The lowest BCUT2D eigenvalue weighted by Crippen LogP contribution is -2.52. The van der Waals surface area contributed by atoms with E-state index in [1.54, 1.807) is 0 Å². The van der Waals surface area contributed by atoms with Gasteiger partial charge in [0.1, 0.15) is 17.7 Å². The maximum Gasteiger partial charge on any atom is 0.307 e. The summed E-state index contributed by atoms with van der Waals surface area (Å²) in [5.74, 6) is -1.34. The number of carboxylic acids is 1. The molecule has 0 saturated carbocycles. The molecule has 1 aliphatic rings. The largest absolute Gasteiger partial charge is 0.494 e. The second-order valence-electron chi connectivity index (χ2n) is 5.88. The maximum absolute atomic E-state index is 13.7. The Hall–Kier alpha value is -2.90. The third-order valence-corrected chi connectivity index (χ3v) is 4.36. The first-order valence-corrected chi connectivity index (χ1v) is 7.92. The van der Waals surface area contributed by atoms with Crippen LogP contribution in [0.1, 0.15) is 13.3 Å². The van der Waals surface area contributed by atoms with Crippen molar-refractivity contribution >= 4 is 11.7 Å². The van der Waals surface area contributed by atoms with E-state index in [9.17, 15) is 24.5 Å². The van der Waals surface area contributed by atoms with Gasteiger partial charge in [-0.05, 0) is 19.1 Å². The van der Waals surface area contributed by atoms with Crippen LogP contribution in [0, 0.1) is 5.82 Å². The van der Waals surface area contributed by atoms with Crippen LogP contribution in [0.2, 0.25) is 0 Å². The number of rotatable bonds is 5. The molecule has 0 fully saturated rings. The summed E-state index contributed by atoms with van der Waals surface area (Å²) in [6.07, 6.45) is -0.988. The van der Waals surface area contributed by atoms with Crippen LogP contribution >= 0.6 is 0 Å². The molecule has 2 unspecified atom stereocenters. The van der Waals surface area contributed by atoms with E-state index in [4.69, 9.17) is 4.74 Å². The average Bonchev–Trinajstić information content (AvgIpc) is 2.87. The fourth-order valence-electron chi connectivity index (χ4n) is 3.23. The van der Waals surface area contributed by atoms with Crippen LogP contribution < -0.4 is 9.64 Å². The van der Waals surface area contributed by atoms with E-state index in [0.29, 0.717) is 18.0 Å². The quantitative estimate of drug-likeness (QED) is 0.765. The van der Waals surface area contributed by atoms with Gasteiger partial charge in [-0.2, -0.15) is 0 Å². The maximum atomic E-state index is 13.7. The minimum Gasteiger partial charge on any atom is -0.494 e. The molecule has 134 valence electrons. The Balaban J connectivity index is 2.02. The first-order valence-electron chi connectivity index (χ1n) is 7.92. The minimum absolute atomic E-state index is 0.0897. The number of hydrogen-bond acceptors (Lipinski definition) is 5. The monoisotopic (exact) mass is 350 g/mol.